The first-order chi connectivity index (χ1) is 8.13. The Morgan fingerprint density at radius 3 is 2.53 bits per heavy atom. The van der Waals surface area contributed by atoms with Crippen LogP contribution in [0.4, 0.5) is 0 Å². The van der Waals surface area contributed by atoms with Gasteiger partial charge in [0, 0.05) is 0 Å². The Morgan fingerprint density at radius 2 is 1.82 bits per heavy atom. The van der Waals surface area contributed by atoms with Crippen LogP contribution in [0.25, 0.3) is 0 Å². The van der Waals surface area contributed by atoms with Crippen molar-refractivity contribution in [3.05, 3.63) is 46.5 Å². The van der Waals surface area contributed by atoms with Crippen molar-refractivity contribution in [2.45, 2.75) is 52.1 Å². The van der Waals surface area contributed by atoms with Crippen LogP contribution in [0, 0.1) is 13.8 Å². The predicted octanol–water partition coefficient (Wildman–Crippen LogP) is 3.71. The van der Waals surface area contributed by atoms with Crippen molar-refractivity contribution in [1.29, 1.82) is 0 Å². The number of aliphatic hydroxyl groups excluding tert-OH is 1. The lowest BCUT2D eigenvalue weighted by Gasteiger charge is -2.08. The Labute approximate surface area is 104 Å². The standard InChI is InChI=1S/C16H22O/c1-12-7-13(2)9-15(8-12)10-14-5-3-4-6-16(17)11-14/h7-9,11,16-17H,3-6,10H2,1-2H3. The maximum Gasteiger partial charge on any atom is 0.0723 e. The smallest absolute Gasteiger partial charge is 0.0723 e. The molecular formula is C16H22O. The molecule has 0 fully saturated rings. The normalized spacial score (nSPS) is 20.9. The second-order valence-corrected chi connectivity index (χ2v) is 5.31. The third-order valence-corrected chi connectivity index (χ3v) is 3.39. The second-order valence-electron chi connectivity index (χ2n) is 5.31. The average Bonchev–Trinajstić information content (AvgIpc) is 2.41. The summed E-state index contributed by atoms with van der Waals surface area (Å²) in [6.45, 7) is 4.29. The summed E-state index contributed by atoms with van der Waals surface area (Å²) in [5, 5.41) is 9.77. The number of allylic oxidation sites excluding steroid dienone is 1. The first kappa shape index (κ1) is 12.4. The van der Waals surface area contributed by atoms with Crippen molar-refractivity contribution >= 4 is 0 Å². The van der Waals surface area contributed by atoms with Gasteiger partial charge < -0.3 is 5.11 Å². The summed E-state index contributed by atoms with van der Waals surface area (Å²) in [6.07, 6.45) is 7.28. The Bertz CT molecular complexity index is 397. The summed E-state index contributed by atoms with van der Waals surface area (Å²) in [7, 11) is 0. The van der Waals surface area contributed by atoms with E-state index in [0.29, 0.717) is 0 Å². The molecule has 1 heteroatoms. The first-order valence-corrected chi connectivity index (χ1v) is 6.58. The zero-order valence-electron chi connectivity index (χ0n) is 10.9. The molecule has 0 aliphatic heterocycles. The van der Waals surface area contributed by atoms with Crippen LogP contribution in [0.5, 0.6) is 0 Å². The highest BCUT2D eigenvalue weighted by Gasteiger charge is 2.10. The van der Waals surface area contributed by atoms with Crippen LogP contribution in [0.2, 0.25) is 0 Å². The minimum Gasteiger partial charge on any atom is -0.389 e. The van der Waals surface area contributed by atoms with Gasteiger partial charge in [-0.25, -0.2) is 0 Å². The highest BCUT2D eigenvalue weighted by Crippen LogP contribution is 2.22. The molecule has 0 saturated heterocycles. The van der Waals surface area contributed by atoms with Crippen molar-refractivity contribution in [2.75, 3.05) is 0 Å². The number of benzene rings is 1. The van der Waals surface area contributed by atoms with Crippen LogP contribution >= 0.6 is 0 Å². The number of hydrogen-bond acceptors (Lipinski definition) is 1. The van der Waals surface area contributed by atoms with Crippen LogP contribution in [0.3, 0.4) is 0 Å². The van der Waals surface area contributed by atoms with Crippen LogP contribution in [0.15, 0.2) is 29.8 Å². The van der Waals surface area contributed by atoms with Gasteiger partial charge in [-0.1, -0.05) is 47.4 Å². The van der Waals surface area contributed by atoms with Crippen LogP contribution in [-0.2, 0) is 6.42 Å². The highest BCUT2D eigenvalue weighted by atomic mass is 16.3. The lowest BCUT2D eigenvalue weighted by atomic mass is 9.98. The van der Waals surface area contributed by atoms with Gasteiger partial charge in [0.2, 0.25) is 0 Å². The fourth-order valence-corrected chi connectivity index (χ4v) is 2.72. The molecule has 2 rings (SSSR count). The fourth-order valence-electron chi connectivity index (χ4n) is 2.72. The number of rotatable bonds is 2. The topological polar surface area (TPSA) is 20.2 Å². The van der Waals surface area contributed by atoms with Crippen molar-refractivity contribution in [3.8, 4) is 0 Å². The molecule has 92 valence electrons. The van der Waals surface area contributed by atoms with E-state index in [1.54, 1.807) is 0 Å². The van der Waals surface area contributed by atoms with Gasteiger partial charge >= 0.3 is 0 Å². The van der Waals surface area contributed by atoms with Gasteiger partial charge in [-0.2, -0.15) is 0 Å². The molecule has 1 aliphatic rings. The molecule has 17 heavy (non-hydrogen) atoms. The van der Waals surface area contributed by atoms with Gasteiger partial charge in [-0.3, -0.25) is 0 Å². The summed E-state index contributed by atoms with van der Waals surface area (Å²) in [5.41, 5.74) is 5.44. The molecule has 1 aromatic carbocycles. The molecule has 0 saturated carbocycles. The number of hydrogen-bond donors (Lipinski definition) is 1. The lowest BCUT2D eigenvalue weighted by Crippen LogP contribution is -2.01. The Hall–Kier alpha value is -1.08. The van der Waals surface area contributed by atoms with Crippen LogP contribution in [-0.4, -0.2) is 11.2 Å². The zero-order chi connectivity index (χ0) is 12.3. The van der Waals surface area contributed by atoms with Crippen molar-refractivity contribution < 1.29 is 5.11 Å². The molecule has 0 spiro atoms. The molecule has 1 unspecified atom stereocenters. The van der Waals surface area contributed by atoms with E-state index in [1.807, 2.05) is 0 Å². The summed E-state index contributed by atoms with van der Waals surface area (Å²) >= 11 is 0. The maximum absolute atomic E-state index is 9.77. The summed E-state index contributed by atoms with van der Waals surface area (Å²) < 4.78 is 0. The SMILES string of the molecule is Cc1cc(C)cc(CC2=CC(O)CCCC2)c1. The van der Waals surface area contributed by atoms with Gasteiger partial charge in [-0.05, 0) is 45.1 Å². The molecule has 0 amide bonds. The molecule has 1 aliphatic carbocycles. The minimum absolute atomic E-state index is 0.224. The van der Waals surface area contributed by atoms with Gasteiger partial charge in [0.05, 0.1) is 6.10 Å². The third-order valence-electron chi connectivity index (χ3n) is 3.39. The van der Waals surface area contributed by atoms with E-state index in [2.05, 4.69) is 38.1 Å². The molecular weight excluding hydrogens is 208 g/mol. The maximum atomic E-state index is 9.77. The van der Waals surface area contributed by atoms with Gasteiger partial charge in [0.25, 0.3) is 0 Å². The molecule has 1 N–H and O–H groups in total. The summed E-state index contributed by atoms with van der Waals surface area (Å²) in [4.78, 5) is 0. The minimum atomic E-state index is -0.224. The Balaban J connectivity index is 2.13. The molecule has 0 aromatic heterocycles. The summed E-state index contributed by atoms with van der Waals surface area (Å²) in [6, 6.07) is 6.72. The third kappa shape index (κ3) is 3.71. The van der Waals surface area contributed by atoms with E-state index in [4.69, 9.17) is 0 Å². The van der Waals surface area contributed by atoms with E-state index in [0.717, 1.165) is 25.7 Å². The average molecular weight is 230 g/mol. The Kier molecular flexibility index (Phi) is 4.01. The van der Waals surface area contributed by atoms with E-state index in [9.17, 15) is 5.11 Å². The number of aryl methyl sites for hydroxylation is 2. The zero-order valence-corrected chi connectivity index (χ0v) is 10.9. The van der Waals surface area contributed by atoms with E-state index < -0.39 is 0 Å². The number of aliphatic hydroxyl groups is 1. The lowest BCUT2D eigenvalue weighted by molar-refractivity contribution is 0.211. The van der Waals surface area contributed by atoms with E-state index in [1.165, 1.54) is 28.7 Å². The van der Waals surface area contributed by atoms with Crippen molar-refractivity contribution in [1.82, 2.24) is 0 Å². The molecule has 1 aromatic rings. The van der Waals surface area contributed by atoms with Gasteiger partial charge in [0.15, 0.2) is 0 Å². The van der Waals surface area contributed by atoms with Crippen molar-refractivity contribution in [3.63, 3.8) is 0 Å². The molecule has 0 bridgehead atoms. The molecule has 0 radical (unpaired) electrons. The fraction of sp³-hybridized carbons (Fsp3) is 0.500. The monoisotopic (exact) mass is 230 g/mol. The predicted molar refractivity (Wildman–Crippen MR) is 72.2 cm³/mol. The molecule has 0 heterocycles. The summed E-state index contributed by atoms with van der Waals surface area (Å²) in [5.74, 6) is 0. The van der Waals surface area contributed by atoms with Crippen LogP contribution < -0.4 is 0 Å². The van der Waals surface area contributed by atoms with E-state index >= 15 is 0 Å². The Morgan fingerprint density at radius 1 is 1.12 bits per heavy atom. The first-order valence-electron chi connectivity index (χ1n) is 6.58. The van der Waals surface area contributed by atoms with E-state index in [-0.39, 0.29) is 6.10 Å². The molecule has 1 nitrogen and oxygen atoms in total. The van der Waals surface area contributed by atoms with Crippen molar-refractivity contribution in [2.24, 2.45) is 0 Å². The largest absolute Gasteiger partial charge is 0.389 e. The van der Waals surface area contributed by atoms with Gasteiger partial charge in [-0.15, -0.1) is 0 Å². The van der Waals surface area contributed by atoms with Gasteiger partial charge in [0.1, 0.15) is 0 Å². The highest BCUT2D eigenvalue weighted by molar-refractivity contribution is 5.31. The van der Waals surface area contributed by atoms with Crippen LogP contribution in [0.1, 0.15) is 42.4 Å². The second kappa shape index (κ2) is 5.50. The molecule has 1 atom stereocenters. The quantitative estimate of drug-likeness (QED) is 0.768.